The lowest BCUT2D eigenvalue weighted by Crippen LogP contribution is -2.15. The van der Waals surface area contributed by atoms with Crippen LogP contribution in [0.3, 0.4) is 0 Å². The number of halogens is 1. The normalized spacial score (nSPS) is 18.0. The molecule has 0 spiro atoms. The summed E-state index contributed by atoms with van der Waals surface area (Å²) in [6.45, 7) is 5.76. The van der Waals surface area contributed by atoms with Crippen LogP contribution < -0.4 is 15.4 Å². The van der Waals surface area contributed by atoms with Crippen LogP contribution in [0.4, 0.5) is 10.1 Å². The van der Waals surface area contributed by atoms with Gasteiger partial charge in [0.25, 0.3) is 0 Å². The fourth-order valence-corrected chi connectivity index (χ4v) is 2.45. The molecule has 2 rings (SSSR count). The molecule has 1 aromatic rings. The van der Waals surface area contributed by atoms with E-state index >= 15 is 0 Å². The first-order chi connectivity index (χ1) is 10.0. The standard InChI is InChI=1S/C16H23FN2O2/c1-11(2)21-13-4-5-15(14(17)9-13)19-16(20)6-3-12-7-8-18-10-12/h4-5,9,11-12,18H,3,6-8,10H2,1-2H3,(H,19,20). The molecule has 1 atom stereocenters. The molecule has 1 fully saturated rings. The van der Waals surface area contributed by atoms with Gasteiger partial charge in [0.2, 0.25) is 5.91 Å². The zero-order valence-corrected chi connectivity index (χ0v) is 12.6. The Bertz CT molecular complexity index is 485. The van der Waals surface area contributed by atoms with Crippen molar-refractivity contribution in [2.75, 3.05) is 18.4 Å². The van der Waals surface area contributed by atoms with Crippen LogP contribution in [-0.2, 0) is 4.79 Å². The molecular formula is C16H23FN2O2. The SMILES string of the molecule is CC(C)Oc1ccc(NC(=O)CCC2CCNC2)c(F)c1. The third-order valence-electron chi connectivity index (χ3n) is 3.53. The molecular weight excluding hydrogens is 271 g/mol. The van der Waals surface area contributed by atoms with E-state index in [-0.39, 0.29) is 17.7 Å². The molecule has 0 bridgehead atoms. The summed E-state index contributed by atoms with van der Waals surface area (Å²) in [5.74, 6) is 0.419. The summed E-state index contributed by atoms with van der Waals surface area (Å²) in [6, 6.07) is 4.51. The molecule has 0 aliphatic carbocycles. The largest absolute Gasteiger partial charge is 0.491 e. The molecule has 4 nitrogen and oxygen atoms in total. The highest BCUT2D eigenvalue weighted by atomic mass is 19.1. The molecule has 1 aromatic carbocycles. The van der Waals surface area contributed by atoms with Crippen molar-refractivity contribution in [3.05, 3.63) is 24.0 Å². The molecule has 1 aliphatic rings. The predicted molar refractivity (Wildman–Crippen MR) is 81.0 cm³/mol. The summed E-state index contributed by atoms with van der Waals surface area (Å²) in [4.78, 5) is 11.9. The highest BCUT2D eigenvalue weighted by Gasteiger charge is 2.16. The van der Waals surface area contributed by atoms with Crippen molar-refractivity contribution >= 4 is 11.6 Å². The minimum Gasteiger partial charge on any atom is -0.491 e. The number of amides is 1. The van der Waals surface area contributed by atoms with Crippen molar-refractivity contribution in [3.63, 3.8) is 0 Å². The summed E-state index contributed by atoms with van der Waals surface area (Å²) in [5, 5.41) is 5.90. The van der Waals surface area contributed by atoms with Crippen molar-refractivity contribution in [1.29, 1.82) is 0 Å². The van der Waals surface area contributed by atoms with Crippen molar-refractivity contribution in [2.24, 2.45) is 5.92 Å². The van der Waals surface area contributed by atoms with Gasteiger partial charge in [0.15, 0.2) is 0 Å². The average Bonchev–Trinajstić information content (AvgIpc) is 2.92. The lowest BCUT2D eigenvalue weighted by molar-refractivity contribution is -0.116. The Morgan fingerprint density at radius 2 is 2.33 bits per heavy atom. The van der Waals surface area contributed by atoms with Crippen LogP contribution in [-0.4, -0.2) is 25.1 Å². The Morgan fingerprint density at radius 3 is 2.95 bits per heavy atom. The quantitative estimate of drug-likeness (QED) is 0.848. The third kappa shape index (κ3) is 5.01. The minimum atomic E-state index is -0.468. The van der Waals surface area contributed by atoms with E-state index in [9.17, 15) is 9.18 Å². The first-order valence-corrected chi connectivity index (χ1v) is 7.51. The number of rotatable bonds is 6. The highest BCUT2D eigenvalue weighted by molar-refractivity contribution is 5.90. The molecule has 1 aliphatic heterocycles. The molecule has 116 valence electrons. The van der Waals surface area contributed by atoms with Crippen molar-refractivity contribution in [2.45, 2.75) is 39.2 Å². The Hall–Kier alpha value is -1.62. The van der Waals surface area contributed by atoms with E-state index < -0.39 is 5.82 Å². The van der Waals surface area contributed by atoms with E-state index in [2.05, 4.69) is 10.6 Å². The van der Waals surface area contributed by atoms with Crippen LogP contribution >= 0.6 is 0 Å². The average molecular weight is 294 g/mol. The van der Waals surface area contributed by atoms with Gasteiger partial charge in [0.05, 0.1) is 11.8 Å². The van der Waals surface area contributed by atoms with Gasteiger partial charge in [-0.25, -0.2) is 4.39 Å². The topological polar surface area (TPSA) is 50.4 Å². The lowest BCUT2D eigenvalue weighted by Gasteiger charge is -2.12. The molecule has 21 heavy (non-hydrogen) atoms. The first-order valence-electron chi connectivity index (χ1n) is 7.51. The maximum absolute atomic E-state index is 13.9. The van der Waals surface area contributed by atoms with Crippen LogP contribution in [0.15, 0.2) is 18.2 Å². The summed E-state index contributed by atoms with van der Waals surface area (Å²) >= 11 is 0. The number of hydrogen-bond donors (Lipinski definition) is 2. The van der Waals surface area contributed by atoms with Gasteiger partial charge in [0, 0.05) is 12.5 Å². The number of nitrogens with one attached hydrogen (secondary N) is 2. The molecule has 5 heteroatoms. The molecule has 1 unspecified atom stereocenters. The second-order valence-corrected chi connectivity index (χ2v) is 5.75. The summed E-state index contributed by atoms with van der Waals surface area (Å²) < 4.78 is 19.3. The van der Waals surface area contributed by atoms with Gasteiger partial charge < -0.3 is 15.4 Å². The molecule has 0 aromatic heterocycles. The fourth-order valence-electron chi connectivity index (χ4n) is 2.45. The molecule has 0 radical (unpaired) electrons. The zero-order chi connectivity index (χ0) is 15.2. The summed E-state index contributed by atoms with van der Waals surface area (Å²) in [5.41, 5.74) is 0.209. The van der Waals surface area contributed by atoms with E-state index in [4.69, 9.17) is 4.74 Å². The van der Waals surface area contributed by atoms with E-state index in [1.54, 1.807) is 12.1 Å². The first kappa shape index (κ1) is 15.8. The fraction of sp³-hybridized carbons (Fsp3) is 0.562. The Balaban J connectivity index is 1.85. The number of benzene rings is 1. The van der Waals surface area contributed by atoms with E-state index in [1.165, 1.54) is 6.07 Å². The Morgan fingerprint density at radius 1 is 1.52 bits per heavy atom. The van der Waals surface area contributed by atoms with Gasteiger partial charge in [-0.3, -0.25) is 4.79 Å². The van der Waals surface area contributed by atoms with E-state index in [0.717, 1.165) is 25.9 Å². The van der Waals surface area contributed by atoms with E-state index in [0.29, 0.717) is 18.1 Å². The predicted octanol–water partition coefficient (Wildman–Crippen LogP) is 2.94. The van der Waals surface area contributed by atoms with Gasteiger partial charge in [-0.2, -0.15) is 0 Å². The smallest absolute Gasteiger partial charge is 0.224 e. The van der Waals surface area contributed by atoms with Crippen LogP contribution in [0, 0.1) is 11.7 Å². The van der Waals surface area contributed by atoms with Crippen LogP contribution in [0.2, 0.25) is 0 Å². The highest BCUT2D eigenvalue weighted by Crippen LogP contribution is 2.22. The van der Waals surface area contributed by atoms with Gasteiger partial charge in [-0.1, -0.05) is 0 Å². The van der Waals surface area contributed by atoms with Crippen LogP contribution in [0.1, 0.15) is 33.1 Å². The number of carbonyl (C=O) groups is 1. The van der Waals surface area contributed by atoms with Gasteiger partial charge in [-0.15, -0.1) is 0 Å². The second kappa shape index (κ2) is 7.41. The Kier molecular flexibility index (Phi) is 5.56. The number of anilines is 1. The third-order valence-corrected chi connectivity index (χ3v) is 3.53. The molecule has 1 heterocycles. The van der Waals surface area contributed by atoms with Crippen molar-refractivity contribution < 1.29 is 13.9 Å². The minimum absolute atomic E-state index is 0.00939. The lowest BCUT2D eigenvalue weighted by atomic mass is 10.0. The van der Waals surface area contributed by atoms with E-state index in [1.807, 2.05) is 13.8 Å². The zero-order valence-electron chi connectivity index (χ0n) is 12.6. The number of ether oxygens (including phenoxy) is 1. The number of carbonyl (C=O) groups excluding carboxylic acids is 1. The molecule has 1 amide bonds. The summed E-state index contributed by atoms with van der Waals surface area (Å²) in [6.07, 6.45) is 2.37. The second-order valence-electron chi connectivity index (χ2n) is 5.75. The van der Waals surface area contributed by atoms with Crippen LogP contribution in [0.5, 0.6) is 5.75 Å². The van der Waals surface area contributed by atoms with Crippen molar-refractivity contribution in [1.82, 2.24) is 5.32 Å². The monoisotopic (exact) mass is 294 g/mol. The van der Waals surface area contributed by atoms with Crippen LogP contribution in [0.25, 0.3) is 0 Å². The van der Waals surface area contributed by atoms with Gasteiger partial charge in [0.1, 0.15) is 11.6 Å². The summed E-state index contributed by atoms with van der Waals surface area (Å²) in [7, 11) is 0. The molecule has 2 N–H and O–H groups in total. The van der Waals surface area contributed by atoms with Gasteiger partial charge >= 0.3 is 0 Å². The maximum atomic E-state index is 13.9. The maximum Gasteiger partial charge on any atom is 0.224 e. The molecule has 1 saturated heterocycles. The molecule has 0 saturated carbocycles. The van der Waals surface area contributed by atoms with Gasteiger partial charge in [-0.05, 0) is 57.8 Å². The van der Waals surface area contributed by atoms with Crippen molar-refractivity contribution in [3.8, 4) is 5.75 Å². The Labute approximate surface area is 125 Å². The number of hydrogen-bond acceptors (Lipinski definition) is 3.